The third kappa shape index (κ3) is 3.14. The van der Waals surface area contributed by atoms with Gasteiger partial charge in [-0.2, -0.15) is 5.26 Å². The predicted octanol–water partition coefficient (Wildman–Crippen LogP) is 4.47. The van der Waals surface area contributed by atoms with Crippen LogP contribution in [0.15, 0.2) is 24.4 Å². The molecule has 2 aliphatic rings. The molecule has 0 atom stereocenters. The van der Waals surface area contributed by atoms with Crippen LogP contribution in [0.4, 0.5) is 5.82 Å². The van der Waals surface area contributed by atoms with Crippen molar-refractivity contribution in [3.8, 4) is 17.3 Å². The highest BCUT2D eigenvalue weighted by molar-refractivity contribution is 6.43. The minimum Gasteiger partial charge on any atom is -0.375 e. The summed E-state index contributed by atoms with van der Waals surface area (Å²) in [5, 5.41) is 10.4. The van der Waals surface area contributed by atoms with E-state index in [4.69, 9.17) is 27.9 Å². The van der Waals surface area contributed by atoms with Crippen molar-refractivity contribution < 1.29 is 4.74 Å². The van der Waals surface area contributed by atoms with E-state index >= 15 is 0 Å². The number of halogens is 2. The van der Waals surface area contributed by atoms with E-state index in [1.54, 1.807) is 24.4 Å². The molecule has 134 valence electrons. The molecule has 0 unspecified atom stereocenters. The molecule has 4 rings (SSSR count). The van der Waals surface area contributed by atoms with Crippen molar-refractivity contribution in [2.45, 2.75) is 31.3 Å². The largest absolute Gasteiger partial charge is 0.375 e. The molecule has 0 bridgehead atoms. The van der Waals surface area contributed by atoms with Crippen molar-refractivity contribution in [3.05, 3.63) is 40.1 Å². The number of hydrogen-bond donors (Lipinski definition) is 0. The molecule has 26 heavy (non-hydrogen) atoms. The van der Waals surface area contributed by atoms with Crippen LogP contribution in [0.5, 0.6) is 0 Å². The highest BCUT2D eigenvalue weighted by atomic mass is 35.5. The molecule has 0 N–H and O–H groups in total. The number of anilines is 1. The fraction of sp³-hybridized carbons (Fsp3) is 0.421. The first-order valence-corrected chi connectivity index (χ1v) is 9.48. The highest BCUT2D eigenvalue weighted by Crippen LogP contribution is 2.37. The van der Waals surface area contributed by atoms with E-state index in [2.05, 4.69) is 20.9 Å². The number of ether oxygens (including phenoxy) is 1. The van der Waals surface area contributed by atoms with Crippen LogP contribution in [0.25, 0.3) is 11.3 Å². The van der Waals surface area contributed by atoms with Crippen LogP contribution in [0.2, 0.25) is 10.0 Å². The van der Waals surface area contributed by atoms with E-state index < -0.39 is 0 Å². The van der Waals surface area contributed by atoms with E-state index in [0.717, 1.165) is 51.2 Å². The van der Waals surface area contributed by atoms with Crippen LogP contribution in [0.3, 0.4) is 0 Å². The fourth-order valence-electron chi connectivity index (χ4n) is 3.79. The lowest BCUT2D eigenvalue weighted by Crippen LogP contribution is -2.44. The Morgan fingerprint density at radius 1 is 1.19 bits per heavy atom. The van der Waals surface area contributed by atoms with Gasteiger partial charge in [0.25, 0.3) is 0 Å². The molecular weight excluding hydrogens is 371 g/mol. The summed E-state index contributed by atoms with van der Waals surface area (Å²) in [6.07, 6.45) is 5.97. The zero-order valence-electron chi connectivity index (χ0n) is 14.2. The molecule has 2 aliphatic heterocycles. The van der Waals surface area contributed by atoms with Gasteiger partial charge in [0.05, 0.1) is 21.8 Å². The lowest BCUT2D eigenvalue weighted by atomic mass is 9.89. The van der Waals surface area contributed by atoms with E-state index in [9.17, 15) is 5.26 Å². The van der Waals surface area contributed by atoms with Crippen molar-refractivity contribution in [1.82, 2.24) is 9.97 Å². The van der Waals surface area contributed by atoms with Crippen LogP contribution in [0.1, 0.15) is 31.4 Å². The van der Waals surface area contributed by atoms with Crippen molar-refractivity contribution in [2.75, 3.05) is 24.6 Å². The number of nitriles is 1. The van der Waals surface area contributed by atoms with Crippen LogP contribution in [0, 0.1) is 11.3 Å². The summed E-state index contributed by atoms with van der Waals surface area (Å²) in [5.41, 5.74) is 1.38. The lowest BCUT2D eigenvalue weighted by Gasteiger charge is -2.39. The van der Waals surface area contributed by atoms with E-state index in [1.807, 2.05) is 0 Å². The van der Waals surface area contributed by atoms with Gasteiger partial charge in [0.1, 0.15) is 17.6 Å². The Labute approximate surface area is 162 Å². The lowest BCUT2D eigenvalue weighted by molar-refractivity contribution is -0.0147. The molecule has 2 saturated heterocycles. The molecule has 2 fully saturated rings. The fourth-order valence-corrected chi connectivity index (χ4v) is 4.18. The molecule has 1 aromatic heterocycles. The van der Waals surface area contributed by atoms with Crippen molar-refractivity contribution in [2.24, 2.45) is 0 Å². The summed E-state index contributed by atoms with van der Waals surface area (Å²) in [6.45, 7) is 2.58. The van der Waals surface area contributed by atoms with Gasteiger partial charge in [-0.25, -0.2) is 9.97 Å². The molecule has 2 aromatic rings. The molecule has 5 nitrogen and oxygen atoms in total. The zero-order chi connectivity index (χ0) is 18.1. The third-order valence-corrected chi connectivity index (χ3v) is 6.07. The summed E-state index contributed by atoms with van der Waals surface area (Å²) in [7, 11) is 0. The quantitative estimate of drug-likeness (QED) is 0.758. The van der Waals surface area contributed by atoms with Gasteiger partial charge in [0, 0.05) is 25.3 Å². The summed E-state index contributed by atoms with van der Waals surface area (Å²) in [6, 6.07) is 7.42. The van der Waals surface area contributed by atoms with Crippen molar-refractivity contribution in [1.29, 1.82) is 5.26 Å². The van der Waals surface area contributed by atoms with E-state index in [-0.39, 0.29) is 11.3 Å². The van der Waals surface area contributed by atoms with Gasteiger partial charge in [0.15, 0.2) is 5.69 Å². The maximum atomic E-state index is 9.56. The zero-order valence-corrected chi connectivity index (χ0v) is 15.7. The Hall–Kier alpha value is -1.87. The Morgan fingerprint density at radius 3 is 2.69 bits per heavy atom. The SMILES string of the molecule is N#Cc1nc(N2CCC3(CCCO3)CC2)cnc1-c1cccc(Cl)c1Cl. The third-order valence-electron chi connectivity index (χ3n) is 5.26. The maximum absolute atomic E-state index is 9.56. The molecule has 0 amide bonds. The van der Waals surface area contributed by atoms with Gasteiger partial charge in [0.2, 0.25) is 0 Å². The number of nitrogens with zero attached hydrogens (tertiary/aromatic N) is 4. The van der Waals surface area contributed by atoms with Gasteiger partial charge < -0.3 is 9.64 Å². The number of hydrogen-bond acceptors (Lipinski definition) is 5. The summed E-state index contributed by atoms with van der Waals surface area (Å²) in [5.74, 6) is 0.719. The normalized spacial score (nSPS) is 18.9. The Bertz CT molecular complexity index is 864. The molecule has 1 spiro atoms. The first-order valence-electron chi connectivity index (χ1n) is 8.72. The van der Waals surface area contributed by atoms with Crippen LogP contribution < -0.4 is 4.90 Å². The average Bonchev–Trinajstić information content (AvgIpc) is 3.12. The smallest absolute Gasteiger partial charge is 0.169 e. The van der Waals surface area contributed by atoms with Crippen LogP contribution >= 0.6 is 23.2 Å². The molecule has 0 saturated carbocycles. The minimum absolute atomic E-state index is 0.0518. The number of piperidine rings is 1. The van der Waals surface area contributed by atoms with Gasteiger partial charge in [-0.05, 0) is 31.7 Å². The van der Waals surface area contributed by atoms with Crippen LogP contribution in [-0.4, -0.2) is 35.3 Å². The Balaban J connectivity index is 1.60. The molecule has 3 heterocycles. The standard InChI is InChI=1S/C19H18Cl2N4O/c20-14-4-1-3-13(17(14)21)18-15(11-22)24-16(12-23-18)25-8-6-19(7-9-25)5-2-10-26-19/h1,3-4,12H,2,5-10H2. The highest BCUT2D eigenvalue weighted by Gasteiger charge is 2.38. The van der Waals surface area contributed by atoms with Gasteiger partial charge in [-0.3, -0.25) is 0 Å². The second-order valence-corrected chi connectivity index (χ2v) is 7.55. The van der Waals surface area contributed by atoms with Crippen molar-refractivity contribution in [3.63, 3.8) is 0 Å². The maximum Gasteiger partial charge on any atom is 0.169 e. The van der Waals surface area contributed by atoms with Crippen LogP contribution in [-0.2, 0) is 4.74 Å². The second kappa shape index (κ2) is 7.03. The first kappa shape index (κ1) is 17.5. The summed E-state index contributed by atoms with van der Waals surface area (Å²) < 4.78 is 5.97. The molecule has 7 heteroatoms. The number of benzene rings is 1. The van der Waals surface area contributed by atoms with Gasteiger partial charge >= 0.3 is 0 Å². The molecule has 1 aromatic carbocycles. The van der Waals surface area contributed by atoms with Gasteiger partial charge in [-0.1, -0.05) is 35.3 Å². The second-order valence-electron chi connectivity index (χ2n) is 6.76. The van der Waals surface area contributed by atoms with Crippen molar-refractivity contribution >= 4 is 29.0 Å². The van der Waals surface area contributed by atoms with E-state index in [1.165, 1.54) is 0 Å². The average molecular weight is 389 g/mol. The Kier molecular flexibility index (Phi) is 4.74. The van der Waals surface area contributed by atoms with Gasteiger partial charge in [-0.15, -0.1) is 0 Å². The monoisotopic (exact) mass is 388 g/mol. The summed E-state index contributed by atoms with van der Waals surface area (Å²) in [4.78, 5) is 11.2. The first-order chi connectivity index (χ1) is 12.6. The predicted molar refractivity (Wildman–Crippen MR) is 102 cm³/mol. The topological polar surface area (TPSA) is 62.0 Å². The molecule has 0 aliphatic carbocycles. The molecular formula is C19H18Cl2N4O. The molecule has 0 radical (unpaired) electrons. The Morgan fingerprint density at radius 2 is 2.00 bits per heavy atom. The summed E-state index contributed by atoms with van der Waals surface area (Å²) >= 11 is 12.4. The minimum atomic E-state index is 0.0518. The number of aromatic nitrogens is 2. The van der Waals surface area contributed by atoms with E-state index in [0.29, 0.717) is 21.3 Å². The number of rotatable bonds is 2.